The lowest BCUT2D eigenvalue weighted by Crippen LogP contribution is -2.85. The smallest absolute Gasteiger partial charge is 0.110 e. The number of ether oxygens (including phenoxy) is 7. The molecule has 54 heavy (non-hydrogen) atoms. The Morgan fingerprint density at radius 3 is 1.43 bits per heavy atom. The summed E-state index contributed by atoms with van der Waals surface area (Å²) >= 11 is 0. The first-order chi connectivity index (χ1) is 24.3. The van der Waals surface area contributed by atoms with E-state index in [-0.39, 0.29) is 39.6 Å². The number of aliphatic hydroxyl groups is 6. The second kappa shape index (κ2) is 14.9. The molecule has 0 aromatic rings. The molecule has 0 aliphatic carbocycles. The van der Waals surface area contributed by atoms with Gasteiger partial charge in [-0.25, -0.2) is 0 Å². The van der Waals surface area contributed by atoms with Gasteiger partial charge in [0.2, 0.25) is 0 Å². The largest absolute Gasteiger partial charge is 0.393 e. The van der Waals surface area contributed by atoms with Gasteiger partial charge in [-0.05, 0) is 76.2 Å². The highest BCUT2D eigenvalue weighted by Crippen LogP contribution is 2.58. The number of aliphatic hydroxyl groups excluding tert-OH is 3. The topological polar surface area (TPSA) is 264 Å². The van der Waals surface area contributed by atoms with E-state index in [0.29, 0.717) is 0 Å². The summed E-state index contributed by atoms with van der Waals surface area (Å²) in [5.41, 5.74) is 3.52. The molecule has 3 heterocycles. The minimum atomic E-state index is -1.76. The molecule has 0 radical (unpaired) electrons. The number of hydrogen-bond donors (Lipinski definition) is 9. The number of hydrogen-bond acceptors (Lipinski definition) is 16. The van der Waals surface area contributed by atoms with Crippen molar-refractivity contribution in [3.8, 4) is 0 Å². The van der Waals surface area contributed by atoms with E-state index in [1.165, 1.54) is 14.2 Å². The second-order valence-corrected chi connectivity index (χ2v) is 19.1. The molecule has 0 aromatic carbocycles. The summed E-state index contributed by atoms with van der Waals surface area (Å²) in [7, 11) is 3.00. The minimum absolute atomic E-state index is 0.0470. The average Bonchev–Trinajstić information content (AvgIpc) is 3.05. The first-order valence-electron chi connectivity index (χ1n) is 18.8. The van der Waals surface area contributed by atoms with Crippen molar-refractivity contribution < 1.29 is 63.8 Å². The fourth-order valence-corrected chi connectivity index (χ4v) is 9.89. The Balaban J connectivity index is 1.87. The summed E-state index contributed by atoms with van der Waals surface area (Å²) in [4.78, 5) is 0. The maximum atomic E-state index is 12.4. The van der Waals surface area contributed by atoms with Crippen LogP contribution in [0.5, 0.6) is 0 Å². The molecule has 6 unspecified atom stereocenters. The Morgan fingerprint density at radius 1 is 0.537 bits per heavy atom. The van der Waals surface area contributed by atoms with Gasteiger partial charge in [0.15, 0.2) is 0 Å². The van der Waals surface area contributed by atoms with E-state index in [2.05, 4.69) is 0 Å². The van der Waals surface area contributed by atoms with Crippen LogP contribution in [-0.2, 0) is 33.2 Å². The van der Waals surface area contributed by atoms with Crippen molar-refractivity contribution in [1.29, 1.82) is 0 Å². The Kier molecular flexibility index (Phi) is 13.1. The third-order valence-electron chi connectivity index (χ3n) is 15.1. The van der Waals surface area contributed by atoms with Crippen LogP contribution in [0, 0.1) is 17.3 Å². The highest BCUT2D eigenvalue weighted by Gasteiger charge is 2.73. The highest BCUT2D eigenvalue weighted by atomic mass is 16.6. The zero-order valence-corrected chi connectivity index (χ0v) is 35.4. The van der Waals surface area contributed by atoms with Gasteiger partial charge in [-0.1, -0.05) is 6.92 Å². The number of rotatable bonds is 15. The van der Waals surface area contributed by atoms with Crippen molar-refractivity contribution >= 4 is 0 Å². The summed E-state index contributed by atoms with van der Waals surface area (Å²) in [5.74, 6) is -1.73. The molecule has 12 N–H and O–H groups in total. The molecule has 3 aliphatic heterocycles. The molecule has 0 bridgehead atoms. The van der Waals surface area contributed by atoms with Gasteiger partial charge in [0.25, 0.3) is 0 Å². The predicted molar refractivity (Wildman–Crippen MR) is 200 cm³/mol. The van der Waals surface area contributed by atoms with E-state index in [4.69, 9.17) is 50.4 Å². The van der Waals surface area contributed by atoms with Gasteiger partial charge in [-0.2, -0.15) is 0 Å². The third-order valence-corrected chi connectivity index (χ3v) is 15.1. The van der Waals surface area contributed by atoms with Crippen LogP contribution in [0.3, 0.4) is 0 Å². The predicted octanol–water partition coefficient (Wildman–Crippen LogP) is -0.814. The Labute approximate surface area is 322 Å². The SMILES string of the molecule is COC[C@]1(C)OC(C)(CO)[C@H](COC[C@]2(C)OC(C)(CO)[C@H](COC[C@]3(C)OC(C)(CO)[C@@](C)(COC)[C@@](C)(O)C3(C)N)[C@@](C)(O)C2(C)N)[C@@](C)(O)C1N. The highest BCUT2D eigenvalue weighted by molar-refractivity contribution is 5.25. The normalized spacial score (nSPS) is 54.2. The molecule has 15 atom stereocenters. The van der Waals surface area contributed by atoms with Crippen molar-refractivity contribution in [3.63, 3.8) is 0 Å². The van der Waals surface area contributed by atoms with Crippen LogP contribution < -0.4 is 17.2 Å². The molecule has 3 saturated heterocycles. The van der Waals surface area contributed by atoms with E-state index >= 15 is 0 Å². The van der Waals surface area contributed by atoms with Crippen molar-refractivity contribution in [2.75, 3.05) is 73.7 Å². The lowest BCUT2D eigenvalue weighted by Gasteiger charge is -2.68. The van der Waals surface area contributed by atoms with Crippen LogP contribution in [0.4, 0.5) is 0 Å². The molecule has 16 nitrogen and oxygen atoms in total. The first kappa shape index (κ1) is 47.7. The van der Waals surface area contributed by atoms with Crippen LogP contribution in [0.15, 0.2) is 0 Å². The third kappa shape index (κ3) is 6.80. The molecule has 0 saturated carbocycles. The summed E-state index contributed by atoms with van der Waals surface area (Å²) in [6, 6.07) is -0.907. The molecule has 3 rings (SSSR count). The summed E-state index contributed by atoms with van der Waals surface area (Å²) in [6.07, 6.45) is 0. The van der Waals surface area contributed by atoms with Gasteiger partial charge >= 0.3 is 0 Å². The van der Waals surface area contributed by atoms with Gasteiger partial charge in [-0.3, -0.25) is 0 Å². The quantitative estimate of drug-likeness (QED) is 0.0984. The van der Waals surface area contributed by atoms with E-state index < -0.39 is 105 Å². The second-order valence-electron chi connectivity index (χ2n) is 19.1. The Bertz CT molecular complexity index is 1310. The summed E-state index contributed by atoms with van der Waals surface area (Å²) in [6.45, 7) is 18.0. The minimum Gasteiger partial charge on any atom is -0.393 e. The average molecular weight is 782 g/mol. The molecule has 0 aromatic heterocycles. The fraction of sp³-hybridized carbons (Fsp3) is 1.00. The number of methoxy groups -OCH3 is 2. The van der Waals surface area contributed by atoms with E-state index in [0.717, 1.165) is 0 Å². The van der Waals surface area contributed by atoms with Gasteiger partial charge in [0.05, 0.1) is 116 Å². The molecule has 0 spiro atoms. The van der Waals surface area contributed by atoms with E-state index in [9.17, 15) is 30.6 Å². The van der Waals surface area contributed by atoms with Crippen molar-refractivity contribution in [3.05, 3.63) is 0 Å². The fourth-order valence-electron chi connectivity index (χ4n) is 9.89. The van der Waals surface area contributed by atoms with Gasteiger partial charge in [0, 0.05) is 26.1 Å². The van der Waals surface area contributed by atoms with Crippen molar-refractivity contribution in [1.82, 2.24) is 0 Å². The molecular weight excluding hydrogens is 706 g/mol. The van der Waals surface area contributed by atoms with Gasteiger partial charge in [0.1, 0.15) is 16.8 Å². The van der Waals surface area contributed by atoms with Crippen LogP contribution >= 0.6 is 0 Å². The maximum Gasteiger partial charge on any atom is 0.110 e. The van der Waals surface area contributed by atoms with Gasteiger partial charge in [-0.15, -0.1) is 0 Å². The molecule has 16 heteroatoms. The zero-order chi connectivity index (χ0) is 42.0. The van der Waals surface area contributed by atoms with E-state index in [1.807, 2.05) is 0 Å². The van der Waals surface area contributed by atoms with Crippen LogP contribution in [0.25, 0.3) is 0 Å². The lowest BCUT2D eigenvalue weighted by molar-refractivity contribution is -0.362. The molecule has 320 valence electrons. The maximum absolute atomic E-state index is 12.4. The standard InChI is InChI=1S/C38H75N3O13/c1-27(17-42)24(34(8,45)26(39)29(3,52-27)20-48-13)15-50-22-32(6)36(10,40)35(9,46)25(28(2,18-43)53-32)16-51-23-33(7)37(11,41)38(12,47)30(4,21-49-14)31(5,19-44)54-33/h24-26,42-47H,15-23,39-41H2,1-14H3/t24-,25-,26?,27?,28?,29-,30+,31?,32-,33-,34+,35+,36?,37?,38+/m0/s1. The molecule has 3 fully saturated rings. The monoisotopic (exact) mass is 782 g/mol. The van der Waals surface area contributed by atoms with Gasteiger partial charge < -0.3 is 81.0 Å². The Hall–Kier alpha value is -0.640. The first-order valence-corrected chi connectivity index (χ1v) is 18.8. The van der Waals surface area contributed by atoms with Crippen LogP contribution in [0.2, 0.25) is 0 Å². The summed E-state index contributed by atoms with van der Waals surface area (Å²) in [5, 5.41) is 68.2. The molecular formula is C38H75N3O13. The number of nitrogens with two attached hydrogens (primary N) is 3. The van der Waals surface area contributed by atoms with Crippen molar-refractivity contribution in [2.45, 2.75) is 151 Å². The van der Waals surface area contributed by atoms with Crippen LogP contribution in [-0.4, -0.2) is 172 Å². The summed E-state index contributed by atoms with van der Waals surface area (Å²) < 4.78 is 43.0. The zero-order valence-electron chi connectivity index (χ0n) is 35.4. The Morgan fingerprint density at radius 2 is 0.981 bits per heavy atom. The lowest BCUT2D eigenvalue weighted by atomic mass is 9.51. The molecule has 0 amide bonds. The van der Waals surface area contributed by atoms with E-state index in [1.54, 1.807) is 83.1 Å². The van der Waals surface area contributed by atoms with Crippen LogP contribution in [0.1, 0.15) is 83.1 Å². The van der Waals surface area contributed by atoms with Crippen molar-refractivity contribution in [2.24, 2.45) is 34.5 Å². The molecule has 3 aliphatic rings.